The van der Waals surface area contributed by atoms with Crippen molar-refractivity contribution in [3.8, 4) is 0 Å². The van der Waals surface area contributed by atoms with Gasteiger partial charge < -0.3 is 5.11 Å². The molecule has 0 aliphatic carbocycles. The van der Waals surface area contributed by atoms with Gasteiger partial charge in [0.2, 0.25) is 0 Å². The third-order valence-corrected chi connectivity index (χ3v) is 3.53. The number of unbranched alkanes of at least 4 members (excludes halogenated alkanes) is 2. The number of hydrogen-bond acceptors (Lipinski definition) is 3. The number of nitrogens with zero attached hydrogens (tertiary/aromatic N) is 2. The van der Waals surface area contributed by atoms with Gasteiger partial charge in [-0.25, -0.2) is 0 Å². The van der Waals surface area contributed by atoms with E-state index in [1.54, 1.807) is 0 Å². The Morgan fingerprint density at radius 1 is 1.25 bits per heavy atom. The van der Waals surface area contributed by atoms with E-state index in [-0.39, 0.29) is 6.04 Å². The molecule has 1 fully saturated rings. The van der Waals surface area contributed by atoms with Gasteiger partial charge in [0.15, 0.2) is 0 Å². The van der Waals surface area contributed by atoms with Crippen LogP contribution < -0.4 is 0 Å². The van der Waals surface area contributed by atoms with Crippen molar-refractivity contribution in [3.63, 3.8) is 0 Å². The second-order valence-corrected chi connectivity index (χ2v) is 5.75. The second kappa shape index (κ2) is 11.1. The molecule has 1 rings (SSSR count). The molecule has 0 radical (unpaired) electrons. The average Bonchev–Trinajstić information content (AvgIpc) is 2.42. The summed E-state index contributed by atoms with van der Waals surface area (Å²) < 4.78 is 0. The lowest BCUT2D eigenvalue weighted by molar-refractivity contribution is -0.146. The molecule has 0 saturated carbocycles. The smallest absolute Gasteiger partial charge is 0.322 e. The Morgan fingerprint density at radius 2 is 1.90 bits per heavy atom. The molecule has 1 aliphatic heterocycles. The Morgan fingerprint density at radius 3 is 2.40 bits per heavy atom. The average molecular weight is 286 g/mol. The first-order valence-corrected chi connectivity index (χ1v) is 8.23. The SMILES string of the molecule is CC.CCCCCN1CCN(CC(C)C)CC1C(=O)O. The van der Waals surface area contributed by atoms with E-state index in [9.17, 15) is 9.90 Å². The van der Waals surface area contributed by atoms with Crippen LogP contribution in [0, 0.1) is 5.92 Å². The van der Waals surface area contributed by atoms with Crippen molar-refractivity contribution in [3.05, 3.63) is 0 Å². The molecule has 0 amide bonds. The Balaban J connectivity index is 0.00000172. The summed E-state index contributed by atoms with van der Waals surface area (Å²) in [5.41, 5.74) is 0. The zero-order chi connectivity index (χ0) is 15.5. The number of carboxylic acids is 1. The molecule has 120 valence electrons. The summed E-state index contributed by atoms with van der Waals surface area (Å²) in [4.78, 5) is 15.8. The molecule has 0 aromatic carbocycles. The third-order valence-electron chi connectivity index (χ3n) is 3.53. The van der Waals surface area contributed by atoms with Crippen molar-refractivity contribution in [2.24, 2.45) is 5.92 Å². The zero-order valence-electron chi connectivity index (χ0n) is 14.1. The summed E-state index contributed by atoms with van der Waals surface area (Å²) in [6, 6.07) is -0.311. The summed E-state index contributed by atoms with van der Waals surface area (Å²) in [6.45, 7) is 15.1. The van der Waals surface area contributed by atoms with Gasteiger partial charge in [-0.15, -0.1) is 0 Å². The second-order valence-electron chi connectivity index (χ2n) is 5.75. The van der Waals surface area contributed by atoms with Crippen LogP contribution in [0.15, 0.2) is 0 Å². The number of aliphatic carboxylic acids is 1. The molecule has 0 aromatic heterocycles. The minimum absolute atomic E-state index is 0.311. The van der Waals surface area contributed by atoms with E-state index in [0.717, 1.165) is 32.6 Å². The van der Waals surface area contributed by atoms with E-state index in [4.69, 9.17) is 0 Å². The van der Waals surface area contributed by atoms with Crippen LogP contribution in [0.3, 0.4) is 0 Å². The Labute approximate surface area is 125 Å². The fourth-order valence-electron chi connectivity index (χ4n) is 2.63. The summed E-state index contributed by atoms with van der Waals surface area (Å²) in [5.74, 6) is -0.0639. The highest BCUT2D eigenvalue weighted by Gasteiger charge is 2.31. The normalized spacial score (nSPS) is 20.6. The molecule has 0 aromatic rings. The van der Waals surface area contributed by atoms with Gasteiger partial charge in [0, 0.05) is 26.2 Å². The standard InChI is InChI=1S/C14H28N2O2.C2H6/c1-4-5-6-7-16-9-8-15(10-12(2)3)11-13(16)14(17)18;1-2/h12-13H,4-11H2,1-3H3,(H,17,18);1-2H3. The van der Waals surface area contributed by atoms with Gasteiger partial charge >= 0.3 is 5.97 Å². The van der Waals surface area contributed by atoms with Crippen LogP contribution in [0.2, 0.25) is 0 Å². The van der Waals surface area contributed by atoms with Crippen molar-refractivity contribution in [2.45, 2.75) is 59.9 Å². The van der Waals surface area contributed by atoms with Crippen LogP contribution in [-0.2, 0) is 4.79 Å². The molecule has 0 bridgehead atoms. The Bertz CT molecular complexity index is 257. The predicted octanol–water partition coefficient (Wildman–Crippen LogP) is 2.93. The molecule has 0 spiro atoms. The summed E-state index contributed by atoms with van der Waals surface area (Å²) >= 11 is 0. The van der Waals surface area contributed by atoms with E-state index < -0.39 is 5.97 Å². The molecule has 1 N–H and O–H groups in total. The number of hydrogen-bond donors (Lipinski definition) is 1. The van der Waals surface area contributed by atoms with Crippen molar-refractivity contribution in [2.75, 3.05) is 32.7 Å². The molecule has 20 heavy (non-hydrogen) atoms. The quantitative estimate of drug-likeness (QED) is 0.731. The van der Waals surface area contributed by atoms with Gasteiger partial charge in [-0.3, -0.25) is 14.6 Å². The van der Waals surface area contributed by atoms with Gasteiger partial charge in [-0.2, -0.15) is 0 Å². The monoisotopic (exact) mass is 286 g/mol. The largest absolute Gasteiger partial charge is 0.480 e. The van der Waals surface area contributed by atoms with Gasteiger partial charge in [0.05, 0.1) is 0 Å². The maximum Gasteiger partial charge on any atom is 0.322 e. The number of piperazine rings is 1. The lowest BCUT2D eigenvalue weighted by Gasteiger charge is -2.40. The summed E-state index contributed by atoms with van der Waals surface area (Å²) in [7, 11) is 0. The Kier molecular flexibility index (Phi) is 10.8. The number of carboxylic acid groups (broad SMARTS) is 1. The predicted molar refractivity (Wildman–Crippen MR) is 85.1 cm³/mol. The topological polar surface area (TPSA) is 43.8 Å². The summed E-state index contributed by atoms with van der Waals surface area (Å²) in [6.07, 6.45) is 3.49. The highest BCUT2D eigenvalue weighted by atomic mass is 16.4. The van der Waals surface area contributed by atoms with Crippen LogP contribution in [0.5, 0.6) is 0 Å². The maximum absolute atomic E-state index is 11.4. The molecule has 1 atom stereocenters. The van der Waals surface area contributed by atoms with E-state index in [1.165, 1.54) is 12.8 Å². The zero-order valence-corrected chi connectivity index (χ0v) is 14.1. The van der Waals surface area contributed by atoms with Gasteiger partial charge in [-0.1, -0.05) is 47.5 Å². The molecular weight excluding hydrogens is 252 g/mol. The Hall–Kier alpha value is -0.610. The molecule has 4 heteroatoms. The van der Waals surface area contributed by atoms with Crippen LogP contribution >= 0.6 is 0 Å². The van der Waals surface area contributed by atoms with Gasteiger partial charge in [0.25, 0.3) is 0 Å². The molecular formula is C16H34N2O2. The van der Waals surface area contributed by atoms with E-state index >= 15 is 0 Å². The summed E-state index contributed by atoms with van der Waals surface area (Å²) in [5, 5.41) is 9.35. The lowest BCUT2D eigenvalue weighted by Crippen LogP contribution is -2.57. The van der Waals surface area contributed by atoms with Gasteiger partial charge in [0.1, 0.15) is 6.04 Å². The first-order chi connectivity index (χ1) is 9.54. The third kappa shape index (κ3) is 7.25. The first kappa shape index (κ1) is 19.4. The minimum Gasteiger partial charge on any atom is -0.480 e. The minimum atomic E-state index is -0.667. The number of rotatable bonds is 7. The van der Waals surface area contributed by atoms with Crippen LogP contribution in [0.25, 0.3) is 0 Å². The maximum atomic E-state index is 11.4. The van der Waals surface area contributed by atoms with E-state index in [2.05, 4.69) is 30.6 Å². The molecule has 4 nitrogen and oxygen atoms in total. The fraction of sp³-hybridized carbons (Fsp3) is 0.938. The van der Waals surface area contributed by atoms with Crippen molar-refractivity contribution in [1.29, 1.82) is 0 Å². The lowest BCUT2D eigenvalue weighted by atomic mass is 10.1. The van der Waals surface area contributed by atoms with E-state index in [1.807, 2.05) is 13.8 Å². The number of carbonyl (C=O) groups is 1. The highest BCUT2D eigenvalue weighted by molar-refractivity contribution is 5.74. The molecule has 1 heterocycles. The molecule has 1 saturated heterocycles. The first-order valence-electron chi connectivity index (χ1n) is 8.23. The van der Waals surface area contributed by atoms with E-state index in [0.29, 0.717) is 12.5 Å². The van der Waals surface area contributed by atoms with Crippen molar-refractivity contribution < 1.29 is 9.90 Å². The van der Waals surface area contributed by atoms with Crippen LogP contribution in [0.1, 0.15) is 53.9 Å². The molecule has 1 aliphatic rings. The van der Waals surface area contributed by atoms with Crippen LogP contribution in [-0.4, -0.2) is 59.6 Å². The highest BCUT2D eigenvalue weighted by Crippen LogP contribution is 2.13. The van der Waals surface area contributed by atoms with Gasteiger partial charge in [-0.05, 0) is 18.9 Å². The van der Waals surface area contributed by atoms with Crippen molar-refractivity contribution >= 4 is 5.97 Å². The van der Waals surface area contributed by atoms with Crippen molar-refractivity contribution in [1.82, 2.24) is 9.80 Å². The molecule has 1 unspecified atom stereocenters. The van der Waals surface area contributed by atoms with Crippen LogP contribution in [0.4, 0.5) is 0 Å². The fourth-order valence-corrected chi connectivity index (χ4v) is 2.63.